The van der Waals surface area contributed by atoms with E-state index in [1.165, 1.54) is 22.5 Å². The molecule has 0 saturated heterocycles. The molecule has 1 aliphatic carbocycles. The van der Waals surface area contributed by atoms with E-state index in [0.29, 0.717) is 13.0 Å². The molecule has 8 nitrogen and oxygen atoms in total. The van der Waals surface area contributed by atoms with Crippen molar-refractivity contribution >= 4 is 33.2 Å². The first-order valence-electron chi connectivity index (χ1n) is 10.7. The molecule has 0 spiro atoms. The number of hydrogen-bond acceptors (Lipinski definition) is 5. The molecule has 1 N–H and O–H groups in total. The van der Waals surface area contributed by atoms with Gasteiger partial charge < -0.3 is 5.32 Å². The lowest BCUT2D eigenvalue weighted by Crippen LogP contribution is -2.38. The summed E-state index contributed by atoms with van der Waals surface area (Å²) in [6, 6.07) is 9.88. The second-order valence-electron chi connectivity index (χ2n) is 8.01. The standard InChI is InChI=1S/C22H26ClN5O3S/c1-27(16-7-3-2-4-8-16)32(30,31)17-10-11-19(23)18(15-17)22(29)24-13-12-21-26-25-20-9-5-6-14-28(20)21/h5-6,9-11,14-16H,2-4,7-8,12-13H2,1H3,(H,24,29). The molecule has 2 heterocycles. The maximum Gasteiger partial charge on any atom is 0.252 e. The van der Waals surface area contributed by atoms with Gasteiger partial charge in [-0.05, 0) is 43.2 Å². The number of sulfonamides is 1. The molecule has 3 aromatic rings. The summed E-state index contributed by atoms with van der Waals surface area (Å²) >= 11 is 6.23. The van der Waals surface area contributed by atoms with Gasteiger partial charge in [0.05, 0.1) is 15.5 Å². The fourth-order valence-electron chi connectivity index (χ4n) is 4.09. The molecule has 4 rings (SSSR count). The summed E-state index contributed by atoms with van der Waals surface area (Å²) in [5.41, 5.74) is 0.868. The third-order valence-electron chi connectivity index (χ3n) is 5.97. The van der Waals surface area contributed by atoms with Crippen molar-refractivity contribution in [2.75, 3.05) is 13.6 Å². The number of pyridine rings is 1. The predicted octanol–water partition coefficient (Wildman–Crippen LogP) is 3.31. The summed E-state index contributed by atoms with van der Waals surface area (Å²) in [4.78, 5) is 12.8. The highest BCUT2D eigenvalue weighted by Crippen LogP contribution is 2.28. The molecule has 2 aromatic heterocycles. The van der Waals surface area contributed by atoms with Gasteiger partial charge >= 0.3 is 0 Å². The molecule has 10 heteroatoms. The Kier molecular flexibility index (Phi) is 6.78. The minimum atomic E-state index is -3.72. The van der Waals surface area contributed by atoms with E-state index in [4.69, 9.17) is 11.6 Å². The van der Waals surface area contributed by atoms with Crippen molar-refractivity contribution in [1.82, 2.24) is 24.2 Å². The molecule has 1 aromatic carbocycles. The normalized spacial score (nSPS) is 15.3. The zero-order valence-electron chi connectivity index (χ0n) is 17.9. The number of halogens is 1. The molecule has 0 aliphatic heterocycles. The van der Waals surface area contributed by atoms with Crippen LogP contribution in [0.15, 0.2) is 47.5 Å². The third-order valence-corrected chi connectivity index (χ3v) is 8.20. The molecule has 170 valence electrons. The highest BCUT2D eigenvalue weighted by Gasteiger charge is 2.30. The summed E-state index contributed by atoms with van der Waals surface area (Å²) < 4.78 is 29.6. The van der Waals surface area contributed by atoms with Crippen molar-refractivity contribution in [2.24, 2.45) is 0 Å². The molecule has 1 fully saturated rings. The Morgan fingerprint density at radius 1 is 1.19 bits per heavy atom. The van der Waals surface area contributed by atoms with Gasteiger partial charge in [-0.1, -0.05) is 36.9 Å². The number of aromatic nitrogens is 3. The number of carbonyl (C=O) groups excluding carboxylic acids is 1. The Bertz CT molecular complexity index is 1220. The van der Waals surface area contributed by atoms with E-state index in [9.17, 15) is 13.2 Å². The van der Waals surface area contributed by atoms with E-state index in [2.05, 4.69) is 15.5 Å². The van der Waals surface area contributed by atoms with Crippen LogP contribution in [0.2, 0.25) is 5.02 Å². The van der Waals surface area contributed by atoms with Crippen molar-refractivity contribution in [2.45, 2.75) is 49.5 Å². The van der Waals surface area contributed by atoms with Gasteiger partial charge in [0.15, 0.2) is 5.65 Å². The van der Waals surface area contributed by atoms with Gasteiger partial charge in [-0.3, -0.25) is 9.20 Å². The lowest BCUT2D eigenvalue weighted by atomic mass is 9.96. The van der Waals surface area contributed by atoms with Crippen molar-refractivity contribution in [3.63, 3.8) is 0 Å². The third kappa shape index (κ3) is 4.65. The van der Waals surface area contributed by atoms with Crippen LogP contribution in [-0.2, 0) is 16.4 Å². The largest absolute Gasteiger partial charge is 0.352 e. The molecule has 0 atom stereocenters. The smallest absolute Gasteiger partial charge is 0.252 e. The van der Waals surface area contributed by atoms with Crippen LogP contribution in [0.1, 0.15) is 48.3 Å². The molecule has 0 radical (unpaired) electrons. The average Bonchev–Trinajstić information content (AvgIpc) is 3.22. The minimum absolute atomic E-state index is 0.0142. The van der Waals surface area contributed by atoms with Crippen molar-refractivity contribution < 1.29 is 13.2 Å². The number of hydrogen-bond donors (Lipinski definition) is 1. The first-order chi connectivity index (χ1) is 15.4. The fraction of sp³-hybridized carbons (Fsp3) is 0.409. The summed E-state index contributed by atoms with van der Waals surface area (Å²) in [5, 5.41) is 11.2. The van der Waals surface area contributed by atoms with Crippen molar-refractivity contribution in [3.8, 4) is 0 Å². The van der Waals surface area contributed by atoms with Crippen LogP contribution in [0, 0.1) is 0 Å². The molecule has 1 aliphatic rings. The second-order valence-corrected chi connectivity index (χ2v) is 10.4. The maximum absolute atomic E-state index is 13.1. The topological polar surface area (TPSA) is 96.7 Å². The van der Waals surface area contributed by atoms with E-state index in [1.54, 1.807) is 7.05 Å². The van der Waals surface area contributed by atoms with E-state index < -0.39 is 15.9 Å². The van der Waals surface area contributed by atoms with Gasteiger partial charge in [0, 0.05) is 32.3 Å². The Balaban J connectivity index is 1.46. The summed E-state index contributed by atoms with van der Waals surface area (Å²) in [6.07, 6.45) is 7.24. The highest BCUT2D eigenvalue weighted by molar-refractivity contribution is 7.89. The molecule has 32 heavy (non-hydrogen) atoms. The number of carbonyl (C=O) groups is 1. The number of fused-ring (bicyclic) bond motifs is 1. The molecular formula is C22H26ClN5O3S. The van der Waals surface area contributed by atoms with Crippen LogP contribution < -0.4 is 5.32 Å². The average molecular weight is 476 g/mol. The molecule has 1 amide bonds. The van der Waals surface area contributed by atoms with Crippen LogP contribution in [0.4, 0.5) is 0 Å². The van der Waals surface area contributed by atoms with Crippen LogP contribution in [0.3, 0.4) is 0 Å². The predicted molar refractivity (Wildman–Crippen MR) is 122 cm³/mol. The SMILES string of the molecule is CN(C1CCCCC1)S(=O)(=O)c1ccc(Cl)c(C(=O)NCCc2nnc3ccccn23)c1. The number of rotatable bonds is 7. The first-order valence-corrected chi connectivity index (χ1v) is 12.5. The molecule has 0 bridgehead atoms. The van der Waals surface area contributed by atoms with Crippen molar-refractivity contribution in [3.05, 3.63) is 59.0 Å². The van der Waals surface area contributed by atoms with Crippen LogP contribution in [0.25, 0.3) is 5.65 Å². The van der Waals surface area contributed by atoms with Gasteiger partial charge in [0.1, 0.15) is 5.82 Å². The van der Waals surface area contributed by atoms with Gasteiger partial charge in [0.2, 0.25) is 10.0 Å². The van der Waals surface area contributed by atoms with Gasteiger partial charge in [-0.25, -0.2) is 8.42 Å². The quantitative estimate of drug-likeness (QED) is 0.565. The molecular weight excluding hydrogens is 450 g/mol. The van der Waals surface area contributed by atoms with Crippen LogP contribution in [-0.4, -0.2) is 52.9 Å². The Hall–Kier alpha value is -2.49. The lowest BCUT2D eigenvalue weighted by molar-refractivity contribution is 0.0954. The Labute approximate surface area is 192 Å². The zero-order chi connectivity index (χ0) is 22.7. The Morgan fingerprint density at radius 2 is 1.97 bits per heavy atom. The van der Waals surface area contributed by atoms with Crippen LogP contribution in [0.5, 0.6) is 0 Å². The lowest BCUT2D eigenvalue weighted by Gasteiger charge is -2.30. The fourth-order valence-corrected chi connectivity index (χ4v) is 5.74. The Morgan fingerprint density at radius 3 is 2.75 bits per heavy atom. The number of amides is 1. The van der Waals surface area contributed by atoms with E-state index >= 15 is 0 Å². The number of nitrogens with one attached hydrogen (secondary N) is 1. The van der Waals surface area contributed by atoms with Gasteiger partial charge in [0.25, 0.3) is 5.91 Å². The van der Waals surface area contributed by atoms with Crippen LogP contribution >= 0.6 is 11.6 Å². The zero-order valence-corrected chi connectivity index (χ0v) is 19.4. The van der Waals surface area contributed by atoms with Gasteiger partial charge in [-0.2, -0.15) is 4.31 Å². The van der Waals surface area contributed by atoms with E-state index in [-0.39, 0.29) is 21.5 Å². The highest BCUT2D eigenvalue weighted by atomic mass is 35.5. The molecule has 0 unspecified atom stereocenters. The van der Waals surface area contributed by atoms with E-state index in [0.717, 1.165) is 43.6 Å². The summed E-state index contributed by atoms with van der Waals surface area (Å²) in [5.74, 6) is 0.290. The number of nitrogens with zero attached hydrogens (tertiary/aromatic N) is 4. The summed E-state index contributed by atoms with van der Waals surface area (Å²) in [6.45, 7) is 0.309. The summed E-state index contributed by atoms with van der Waals surface area (Å²) in [7, 11) is -2.10. The minimum Gasteiger partial charge on any atom is -0.352 e. The second kappa shape index (κ2) is 9.56. The van der Waals surface area contributed by atoms with Crippen molar-refractivity contribution in [1.29, 1.82) is 0 Å². The van der Waals surface area contributed by atoms with Gasteiger partial charge in [-0.15, -0.1) is 10.2 Å². The monoisotopic (exact) mass is 475 g/mol. The first kappa shape index (κ1) is 22.7. The number of benzene rings is 1. The maximum atomic E-state index is 13.1. The molecule has 1 saturated carbocycles. The van der Waals surface area contributed by atoms with E-state index in [1.807, 2.05) is 28.8 Å².